The second-order valence-corrected chi connectivity index (χ2v) is 6.22. The lowest BCUT2D eigenvalue weighted by atomic mass is 10.2. The Kier molecular flexibility index (Phi) is 4.54. The van der Waals surface area contributed by atoms with Crippen LogP contribution in [0.5, 0.6) is 0 Å². The standard InChI is InChI=1S/C15H20N4O2S/c1-22-8-2-5-19-13-4-3-11(9-12(13)17-15(19)16)18-6-7-21-10-14(18)20/h3-4,9H,2,5-8,10H2,1H3,(H2,16,17). The van der Waals surface area contributed by atoms with Crippen LogP contribution in [0.25, 0.3) is 11.0 Å². The van der Waals surface area contributed by atoms with E-state index in [9.17, 15) is 4.79 Å². The zero-order valence-corrected chi connectivity index (χ0v) is 13.4. The minimum atomic E-state index is -0.0158. The van der Waals surface area contributed by atoms with Gasteiger partial charge in [0.15, 0.2) is 0 Å². The van der Waals surface area contributed by atoms with Gasteiger partial charge in [0.05, 0.1) is 17.6 Å². The molecule has 1 aromatic heterocycles. The third-order valence-electron chi connectivity index (χ3n) is 3.79. The highest BCUT2D eigenvalue weighted by atomic mass is 32.2. The van der Waals surface area contributed by atoms with Gasteiger partial charge in [0.1, 0.15) is 6.61 Å². The van der Waals surface area contributed by atoms with E-state index in [1.54, 1.807) is 4.90 Å². The number of morpholine rings is 1. The molecule has 7 heteroatoms. The number of aryl methyl sites for hydroxylation is 1. The highest BCUT2D eigenvalue weighted by Gasteiger charge is 2.21. The van der Waals surface area contributed by atoms with E-state index < -0.39 is 0 Å². The lowest BCUT2D eigenvalue weighted by Gasteiger charge is -2.26. The molecule has 0 bridgehead atoms. The first-order valence-corrected chi connectivity index (χ1v) is 8.73. The lowest BCUT2D eigenvalue weighted by Crippen LogP contribution is -2.41. The number of carbonyl (C=O) groups is 1. The van der Waals surface area contributed by atoms with Gasteiger partial charge >= 0.3 is 0 Å². The molecule has 1 saturated heterocycles. The Hall–Kier alpha value is -1.73. The van der Waals surface area contributed by atoms with Crippen molar-refractivity contribution in [1.29, 1.82) is 0 Å². The lowest BCUT2D eigenvalue weighted by molar-refractivity contribution is -0.125. The first-order valence-electron chi connectivity index (χ1n) is 7.33. The number of rotatable bonds is 5. The predicted molar refractivity (Wildman–Crippen MR) is 90.3 cm³/mol. The largest absolute Gasteiger partial charge is 0.370 e. The Balaban J connectivity index is 1.89. The summed E-state index contributed by atoms with van der Waals surface area (Å²) in [6, 6.07) is 5.88. The zero-order chi connectivity index (χ0) is 15.5. The van der Waals surface area contributed by atoms with E-state index >= 15 is 0 Å². The van der Waals surface area contributed by atoms with Gasteiger partial charge in [-0.25, -0.2) is 4.98 Å². The van der Waals surface area contributed by atoms with Gasteiger partial charge < -0.3 is 19.9 Å². The van der Waals surface area contributed by atoms with Crippen molar-refractivity contribution >= 4 is 40.3 Å². The van der Waals surface area contributed by atoms with E-state index in [1.807, 2.05) is 34.5 Å². The molecular formula is C15H20N4O2S. The summed E-state index contributed by atoms with van der Waals surface area (Å²) in [4.78, 5) is 18.1. The van der Waals surface area contributed by atoms with Crippen molar-refractivity contribution in [2.24, 2.45) is 0 Å². The molecule has 1 fully saturated rings. The maximum atomic E-state index is 11.9. The number of imidazole rings is 1. The highest BCUT2D eigenvalue weighted by Crippen LogP contribution is 2.25. The average molecular weight is 320 g/mol. The third kappa shape index (κ3) is 2.91. The number of thioether (sulfide) groups is 1. The van der Waals surface area contributed by atoms with Gasteiger partial charge in [-0.05, 0) is 36.6 Å². The topological polar surface area (TPSA) is 73.4 Å². The third-order valence-corrected chi connectivity index (χ3v) is 4.49. The highest BCUT2D eigenvalue weighted by molar-refractivity contribution is 7.98. The number of hydrogen-bond acceptors (Lipinski definition) is 5. The number of amides is 1. The van der Waals surface area contributed by atoms with Crippen molar-refractivity contribution < 1.29 is 9.53 Å². The molecule has 2 aromatic rings. The summed E-state index contributed by atoms with van der Waals surface area (Å²) in [7, 11) is 0. The van der Waals surface area contributed by atoms with Gasteiger partial charge in [-0.15, -0.1) is 0 Å². The quantitative estimate of drug-likeness (QED) is 0.850. The molecule has 1 aliphatic heterocycles. The molecule has 6 nitrogen and oxygen atoms in total. The van der Waals surface area contributed by atoms with Gasteiger partial charge in [0, 0.05) is 18.8 Å². The Morgan fingerprint density at radius 3 is 3.09 bits per heavy atom. The second-order valence-electron chi connectivity index (χ2n) is 5.24. The first kappa shape index (κ1) is 15.2. The van der Waals surface area contributed by atoms with Crippen LogP contribution in [0, 0.1) is 0 Å². The summed E-state index contributed by atoms with van der Waals surface area (Å²) in [6.45, 7) is 2.14. The first-order chi connectivity index (χ1) is 10.7. The van der Waals surface area contributed by atoms with Crippen LogP contribution in [-0.4, -0.2) is 47.2 Å². The summed E-state index contributed by atoms with van der Waals surface area (Å²) in [6.07, 6.45) is 3.15. The van der Waals surface area contributed by atoms with Crippen molar-refractivity contribution in [2.75, 3.05) is 42.4 Å². The SMILES string of the molecule is CSCCCn1c(N)nc2cc(N3CCOCC3=O)ccc21. The van der Waals surface area contributed by atoms with Crippen LogP contribution in [0.1, 0.15) is 6.42 Å². The fraction of sp³-hybridized carbons (Fsp3) is 0.467. The van der Waals surface area contributed by atoms with Crippen molar-refractivity contribution in [1.82, 2.24) is 9.55 Å². The number of nitrogens with zero attached hydrogens (tertiary/aromatic N) is 3. The molecule has 118 valence electrons. The minimum absolute atomic E-state index is 0.0158. The van der Waals surface area contributed by atoms with Crippen LogP contribution >= 0.6 is 11.8 Å². The number of nitrogens with two attached hydrogens (primary N) is 1. The number of ether oxygens (including phenoxy) is 1. The summed E-state index contributed by atoms with van der Waals surface area (Å²) in [5.74, 6) is 1.61. The van der Waals surface area contributed by atoms with Crippen LogP contribution in [0.3, 0.4) is 0 Å². The number of fused-ring (bicyclic) bond motifs is 1. The summed E-state index contributed by atoms with van der Waals surface area (Å²) in [5.41, 5.74) is 8.74. The molecule has 1 aromatic carbocycles. The Labute approximate surface area is 133 Å². The van der Waals surface area contributed by atoms with Crippen molar-refractivity contribution in [2.45, 2.75) is 13.0 Å². The molecule has 1 amide bonds. The van der Waals surface area contributed by atoms with E-state index in [4.69, 9.17) is 10.5 Å². The van der Waals surface area contributed by atoms with Gasteiger partial charge in [-0.2, -0.15) is 11.8 Å². The predicted octanol–water partition coefficient (Wildman–Crippen LogP) is 1.73. The Morgan fingerprint density at radius 2 is 2.32 bits per heavy atom. The fourth-order valence-electron chi connectivity index (χ4n) is 2.70. The minimum Gasteiger partial charge on any atom is -0.370 e. The number of benzene rings is 1. The normalized spacial score (nSPS) is 15.7. The molecule has 1 aliphatic rings. The van der Waals surface area contributed by atoms with Crippen molar-refractivity contribution in [3.05, 3.63) is 18.2 Å². The van der Waals surface area contributed by atoms with Gasteiger partial charge in [-0.1, -0.05) is 0 Å². The number of carbonyl (C=O) groups excluding carboxylic acids is 1. The molecule has 22 heavy (non-hydrogen) atoms. The molecular weight excluding hydrogens is 300 g/mol. The Bertz CT molecular complexity index is 685. The van der Waals surface area contributed by atoms with E-state index in [0.717, 1.165) is 35.4 Å². The van der Waals surface area contributed by atoms with Gasteiger partial charge in [-0.3, -0.25) is 4.79 Å². The van der Waals surface area contributed by atoms with E-state index in [1.165, 1.54) is 0 Å². The number of anilines is 2. The maximum Gasteiger partial charge on any atom is 0.253 e. The van der Waals surface area contributed by atoms with E-state index in [0.29, 0.717) is 19.1 Å². The summed E-state index contributed by atoms with van der Waals surface area (Å²) in [5, 5.41) is 0. The maximum absolute atomic E-state index is 11.9. The zero-order valence-electron chi connectivity index (χ0n) is 12.6. The monoisotopic (exact) mass is 320 g/mol. The molecule has 0 unspecified atom stereocenters. The average Bonchev–Trinajstić information content (AvgIpc) is 2.83. The molecule has 0 saturated carbocycles. The van der Waals surface area contributed by atoms with E-state index in [-0.39, 0.29) is 12.5 Å². The molecule has 3 rings (SSSR count). The molecule has 2 heterocycles. The Morgan fingerprint density at radius 1 is 1.45 bits per heavy atom. The number of hydrogen-bond donors (Lipinski definition) is 1. The number of aromatic nitrogens is 2. The van der Waals surface area contributed by atoms with Crippen LogP contribution in [0.15, 0.2) is 18.2 Å². The van der Waals surface area contributed by atoms with Crippen molar-refractivity contribution in [3.63, 3.8) is 0 Å². The van der Waals surface area contributed by atoms with Gasteiger partial charge in [0.25, 0.3) is 5.91 Å². The van der Waals surface area contributed by atoms with Crippen LogP contribution in [-0.2, 0) is 16.1 Å². The molecule has 0 aliphatic carbocycles. The summed E-state index contributed by atoms with van der Waals surface area (Å²) >= 11 is 1.83. The number of nitrogen functional groups attached to an aromatic ring is 1. The molecule has 2 N–H and O–H groups in total. The molecule has 0 spiro atoms. The van der Waals surface area contributed by atoms with E-state index in [2.05, 4.69) is 11.2 Å². The van der Waals surface area contributed by atoms with Crippen LogP contribution in [0.4, 0.5) is 11.6 Å². The van der Waals surface area contributed by atoms with Gasteiger partial charge in [0.2, 0.25) is 5.95 Å². The van der Waals surface area contributed by atoms with Crippen LogP contribution < -0.4 is 10.6 Å². The van der Waals surface area contributed by atoms with Crippen LogP contribution in [0.2, 0.25) is 0 Å². The van der Waals surface area contributed by atoms with Crippen molar-refractivity contribution in [3.8, 4) is 0 Å². The summed E-state index contributed by atoms with van der Waals surface area (Å²) < 4.78 is 7.20. The second kappa shape index (κ2) is 6.58. The molecule has 0 radical (unpaired) electrons. The fourth-order valence-corrected chi connectivity index (χ4v) is 3.12. The smallest absolute Gasteiger partial charge is 0.253 e. The molecule has 0 atom stereocenters.